The fourth-order valence-electron chi connectivity index (χ4n) is 5.09. The lowest BCUT2D eigenvalue weighted by atomic mass is 9.76. The van der Waals surface area contributed by atoms with Gasteiger partial charge in [-0.25, -0.2) is 0 Å². The third kappa shape index (κ3) is 4.60. The normalized spacial score (nSPS) is 15.4. The number of aromatic nitrogens is 5. The van der Waals surface area contributed by atoms with Crippen molar-refractivity contribution in [3.8, 4) is 11.3 Å². The van der Waals surface area contributed by atoms with Crippen LogP contribution in [0.5, 0.6) is 0 Å². The van der Waals surface area contributed by atoms with Gasteiger partial charge < -0.3 is 11.1 Å². The van der Waals surface area contributed by atoms with E-state index in [1.807, 2.05) is 39.8 Å². The highest BCUT2D eigenvalue weighted by molar-refractivity contribution is 6.00. The third-order valence-corrected chi connectivity index (χ3v) is 6.70. The van der Waals surface area contributed by atoms with Gasteiger partial charge in [0.25, 0.3) is 5.91 Å². The van der Waals surface area contributed by atoms with Gasteiger partial charge in [-0.15, -0.1) is 0 Å². The quantitative estimate of drug-likeness (QED) is 0.481. The van der Waals surface area contributed by atoms with Crippen molar-refractivity contribution in [3.05, 3.63) is 47.2 Å². The van der Waals surface area contributed by atoms with E-state index in [9.17, 15) is 9.59 Å². The Morgan fingerprint density at radius 1 is 1.15 bits per heavy atom. The van der Waals surface area contributed by atoms with Gasteiger partial charge in [0.05, 0.1) is 35.4 Å². The first-order valence-corrected chi connectivity index (χ1v) is 11.9. The van der Waals surface area contributed by atoms with Gasteiger partial charge in [-0.1, -0.05) is 19.3 Å². The molecular formula is C25H33N7O2. The molecular weight excluding hydrogens is 430 g/mol. The molecule has 0 saturated heterocycles. The predicted octanol–water partition coefficient (Wildman–Crippen LogP) is 4.27. The van der Waals surface area contributed by atoms with Gasteiger partial charge in [-0.05, 0) is 58.6 Å². The molecule has 3 aromatic heterocycles. The summed E-state index contributed by atoms with van der Waals surface area (Å²) in [6.45, 7) is 7.76. The minimum absolute atomic E-state index is 0.0436. The number of rotatable bonds is 7. The molecule has 1 atom stereocenters. The number of hydrogen-bond donors (Lipinski definition) is 3. The topological polar surface area (TPSA) is 132 Å². The van der Waals surface area contributed by atoms with Crippen molar-refractivity contribution >= 4 is 17.5 Å². The lowest BCUT2D eigenvalue weighted by Crippen LogP contribution is -2.31. The van der Waals surface area contributed by atoms with Crippen LogP contribution in [0.3, 0.4) is 0 Å². The molecule has 1 aliphatic carbocycles. The van der Waals surface area contributed by atoms with Crippen LogP contribution < -0.4 is 11.1 Å². The second kappa shape index (κ2) is 9.79. The highest BCUT2D eigenvalue weighted by atomic mass is 16.2. The average molecular weight is 464 g/mol. The summed E-state index contributed by atoms with van der Waals surface area (Å²) in [7, 11) is 0. The second-order valence-corrected chi connectivity index (χ2v) is 9.46. The van der Waals surface area contributed by atoms with E-state index in [0.29, 0.717) is 16.9 Å². The van der Waals surface area contributed by atoms with Gasteiger partial charge >= 0.3 is 0 Å². The summed E-state index contributed by atoms with van der Waals surface area (Å²) >= 11 is 0. The standard InChI is InChI=1S/C25H33N7O2/c1-14(2)32-23(24(26)33)19(13-28-32)22(17-8-6-5-7-9-17)25(34)29-18-10-11-20(27-12-18)21-15(3)30-31-16(21)4/h10-14,17,22H,5-9H2,1-4H3,(H2,26,33)(H,29,34)(H,30,31)/t22-/m0/s1. The molecule has 1 fully saturated rings. The number of carbonyl (C=O) groups excluding carboxylic acids is 2. The Balaban J connectivity index is 1.64. The number of amides is 2. The maximum absolute atomic E-state index is 13.6. The predicted molar refractivity (Wildman–Crippen MR) is 130 cm³/mol. The van der Waals surface area contributed by atoms with E-state index in [2.05, 4.69) is 25.6 Å². The van der Waals surface area contributed by atoms with E-state index in [4.69, 9.17) is 5.73 Å². The fourth-order valence-corrected chi connectivity index (χ4v) is 5.09. The Labute approximate surface area is 199 Å². The molecule has 1 aliphatic rings. The number of anilines is 1. The zero-order valence-corrected chi connectivity index (χ0v) is 20.3. The number of aromatic amines is 1. The number of aryl methyl sites for hydroxylation is 2. The molecule has 4 rings (SSSR count). The molecule has 0 aliphatic heterocycles. The van der Waals surface area contributed by atoms with E-state index < -0.39 is 11.8 Å². The van der Waals surface area contributed by atoms with Crippen LogP contribution in [0.1, 0.15) is 85.4 Å². The number of primary amides is 1. The molecule has 0 unspecified atom stereocenters. The second-order valence-electron chi connectivity index (χ2n) is 9.46. The maximum Gasteiger partial charge on any atom is 0.267 e. The lowest BCUT2D eigenvalue weighted by Gasteiger charge is -2.29. The van der Waals surface area contributed by atoms with E-state index in [-0.39, 0.29) is 17.9 Å². The first-order chi connectivity index (χ1) is 16.3. The Morgan fingerprint density at radius 3 is 2.44 bits per heavy atom. The highest BCUT2D eigenvalue weighted by Crippen LogP contribution is 2.38. The van der Waals surface area contributed by atoms with Crippen molar-refractivity contribution in [1.82, 2.24) is 25.0 Å². The minimum atomic E-state index is -0.563. The summed E-state index contributed by atoms with van der Waals surface area (Å²) in [5.41, 5.74) is 10.9. The van der Waals surface area contributed by atoms with Crippen LogP contribution in [0.4, 0.5) is 5.69 Å². The number of nitrogens with two attached hydrogens (primary N) is 1. The van der Waals surface area contributed by atoms with Gasteiger partial charge in [-0.3, -0.25) is 24.4 Å². The molecule has 3 heterocycles. The molecule has 0 spiro atoms. The number of nitrogens with zero attached hydrogens (tertiary/aromatic N) is 4. The molecule has 9 heteroatoms. The summed E-state index contributed by atoms with van der Waals surface area (Å²) in [6, 6.07) is 3.68. The number of nitrogens with one attached hydrogen (secondary N) is 2. The van der Waals surface area contributed by atoms with Crippen molar-refractivity contribution in [2.24, 2.45) is 11.7 Å². The summed E-state index contributed by atoms with van der Waals surface area (Å²) in [5.74, 6) is -1.11. The van der Waals surface area contributed by atoms with Crippen LogP contribution in [0.15, 0.2) is 24.5 Å². The zero-order valence-electron chi connectivity index (χ0n) is 20.3. The van der Waals surface area contributed by atoms with Crippen molar-refractivity contribution < 1.29 is 9.59 Å². The Morgan fingerprint density at radius 2 is 1.88 bits per heavy atom. The van der Waals surface area contributed by atoms with E-state index in [0.717, 1.165) is 54.7 Å². The first-order valence-electron chi connectivity index (χ1n) is 11.9. The Hall–Kier alpha value is -3.49. The smallest absolute Gasteiger partial charge is 0.267 e. The van der Waals surface area contributed by atoms with Crippen molar-refractivity contribution in [3.63, 3.8) is 0 Å². The fraction of sp³-hybridized carbons (Fsp3) is 0.480. The van der Waals surface area contributed by atoms with Crippen LogP contribution in [0, 0.1) is 19.8 Å². The number of pyridine rings is 1. The van der Waals surface area contributed by atoms with Crippen molar-refractivity contribution in [1.29, 1.82) is 0 Å². The molecule has 1 saturated carbocycles. The average Bonchev–Trinajstić information content (AvgIpc) is 3.39. The minimum Gasteiger partial charge on any atom is -0.364 e. The summed E-state index contributed by atoms with van der Waals surface area (Å²) < 4.78 is 1.62. The molecule has 4 N–H and O–H groups in total. The third-order valence-electron chi connectivity index (χ3n) is 6.70. The number of carbonyl (C=O) groups is 2. The van der Waals surface area contributed by atoms with E-state index in [1.54, 1.807) is 17.1 Å². The molecule has 180 valence electrons. The molecule has 34 heavy (non-hydrogen) atoms. The molecule has 0 aromatic carbocycles. The van der Waals surface area contributed by atoms with Gasteiger partial charge in [0, 0.05) is 22.9 Å². The van der Waals surface area contributed by atoms with Crippen LogP contribution in [0.2, 0.25) is 0 Å². The molecule has 0 radical (unpaired) electrons. The zero-order chi connectivity index (χ0) is 24.4. The largest absolute Gasteiger partial charge is 0.364 e. The molecule has 9 nitrogen and oxygen atoms in total. The number of H-pyrrole nitrogens is 1. The Kier molecular flexibility index (Phi) is 6.81. The first kappa shape index (κ1) is 23.7. The summed E-state index contributed by atoms with van der Waals surface area (Å²) in [6.07, 6.45) is 8.46. The number of hydrogen-bond acceptors (Lipinski definition) is 5. The van der Waals surface area contributed by atoms with Crippen molar-refractivity contribution in [2.45, 2.75) is 71.8 Å². The van der Waals surface area contributed by atoms with E-state index >= 15 is 0 Å². The van der Waals surface area contributed by atoms with Crippen LogP contribution >= 0.6 is 0 Å². The molecule has 0 bridgehead atoms. The summed E-state index contributed by atoms with van der Waals surface area (Å²) in [5, 5.41) is 14.6. The van der Waals surface area contributed by atoms with Gasteiger partial charge in [0.15, 0.2) is 0 Å². The highest BCUT2D eigenvalue weighted by Gasteiger charge is 2.36. The van der Waals surface area contributed by atoms with Crippen molar-refractivity contribution in [2.75, 3.05) is 5.32 Å². The SMILES string of the molecule is Cc1n[nH]c(C)c1-c1ccc(NC(=O)[C@H](c2cnn(C(C)C)c2C(N)=O)C2CCCCC2)cn1. The van der Waals surface area contributed by atoms with Gasteiger partial charge in [-0.2, -0.15) is 10.2 Å². The maximum atomic E-state index is 13.6. The van der Waals surface area contributed by atoms with Gasteiger partial charge in [0.2, 0.25) is 5.91 Å². The van der Waals surface area contributed by atoms with Crippen LogP contribution in [0.25, 0.3) is 11.3 Å². The Bertz CT molecular complexity index is 1150. The monoisotopic (exact) mass is 463 g/mol. The summed E-state index contributed by atoms with van der Waals surface area (Å²) in [4.78, 5) is 30.6. The lowest BCUT2D eigenvalue weighted by molar-refractivity contribution is -0.119. The molecule has 3 aromatic rings. The van der Waals surface area contributed by atoms with Gasteiger partial charge in [0.1, 0.15) is 5.69 Å². The van der Waals surface area contributed by atoms with Crippen LogP contribution in [-0.4, -0.2) is 36.8 Å². The van der Waals surface area contributed by atoms with Crippen LogP contribution in [-0.2, 0) is 4.79 Å². The molecule has 2 amide bonds. The van der Waals surface area contributed by atoms with E-state index in [1.165, 1.54) is 0 Å².